The molecule has 4 nitrogen and oxygen atoms in total. The van der Waals surface area contributed by atoms with Gasteiger partial charge < -0.3 is 0 Å². The normalized spacial score (nSPS) is 11.5. The molecule has 0 atom stereocenters. The van der Waals surface area contributed by atoms with E-state index in [1.165, 1.54) is 5.69 Å². The third-order valence-corrected chi connectivity index (χ3v) is 3.09. The van der Waals surface area contributed by atoms with E-state index in [1.807, 2.05) is 11.3 Å². The van der Waals surface area contributed by atoms with Crippen molar-refractivity contribution in [1.29, 1.82) is 0 Å². The van der Waals surface area contributed by atoms with E-state index in [0.717, 1.165) is 16.3 Å². The number of nitrogens with zero attached hydrogens (tertiary/aromatic N) is 4. The van der Waals surface area contributed by atoms with Crippen LogP contribution in [0.4, 0.5) is 0 Å². The molecule has 0 aromatic carbocycles. The second kappa shape index (κ2) is 2.26. The van der Waals surface area contributed by atoms with Crippen molar-refractivity contribution in [2.45, 2.75) is 6.92 Å². The van der Waals surface area contributed by atoms with E-state index < -0.39 is 0 Å². The molecule has 0 aliphatic carbocycles. The van der Waals surface area contributed by atoms with Crippen molar-refractivity contribution in [3.63, 3.8) is 0 Å². The summed E-state index contributed by atoms with van der Waals surface area (Å²) in [7, 11) is 0. The van der Waals surface area contributed by atoms with E-state index in [0.29, 0.717) is 0 Å². The van der Waals surface area contributed by atoms with E-state index in [9.17, 15) is 0 Å². The van der Waals surface area contributed by atoms with Gasteiger partial charge in [0.25, 0.3) is 0 Å². The molecule has 0 fully saturated rings. The van der Waals surface area contributed by atoms with E-state index >= 15 is 0 Å². The van der Waals surface area contributed by atoms with Crippen LogP contribution < -0.4 is 0 Å². The minimum Gasteiger partial charge on any atom is -0.293 e. The van der Waals surface area contributed by atoms with Gasteiger partial charge in [0, 0.05) is 11.1 Å². The summed E-state index contributed by atoms with van der Waals surface area (Å²) in [4.78, 5) is 13.5. The zero-order chi connectivity index (χ0) is 8.84. The second-order valence-electron chi connectivity index (χ2n) is 2.84. The first-order valence-electron chi connectivity index (χ1n) is 3.88. The lowest BCUT2D eigenvalue weighted by molar-refractivity contribution is 1.03. The topological polar surface area (TPSA) is 43.1 Å². The molecule has 2 aliphatic heterocycles. The molecule has 1 aromatic rings. The Bertz CT molecular complexity index is 538. The minimum atomic E-state index is 0.724. The summed E-state index contributed by atoms with van der Waals surface area (Å²) < 4.78 is 2.03. The van der Waals surface area contributed by atoms with Crippen LogP contribution in [0.1, 0.15) is 5.69 Å². The molecule has 0 spiro atoms. The Morgan fingerprint density at radius 2 is 2.23 bits per heavy atom. The Kier molecular flexibility index (Phi) is 1.21. The SMILES string of the molecule is Cc1csc2c3ncnc-3ncn12. The first kappa shape index (κ1) is 6.97. The first-order chi connectivity index (χ1) is 6.36. The van der Waals surface area contributed by atoms with Crippen LogP contribution in [0.15, 0.2) is 18.0 Å². The Morgan fingerprint density at radius 1 is 1.31 bits per heavy atom. The van der Waals surface area contributed by atoms with Gasteiger partial charge in [0.15, 0.2) is 5.82 Å². The summed E-state index contributed by atoms with van der Waals surface area (Å²) in [5.74, 6) is 0.724. The molecule has 0 N–H and O–H groups in total. The van der Waals surface area contributed by atoms with Gasteiger partial charge in [-0.1, -0.05) is 0 Å². The minimum absolute atomic E-state index is 0.724. The Morgan fingerprint density at radius 3 is 3.15 bits per heavy atom. The smallest absolute Gasteiger partial charge is 0.184 e. The summed E-state index contributed by atoms with van der Waals surface area (Å²) in [6, 6.07) is 0. The molecule has 3 heterocycles. The van der Waals surface area contributed by atoms with Gasteiger partial charge in [-0.3, -0.25) is 4.40 Å². The molecule has 0 radical (unpaired) electrons. The highest BCUT2D eigenvalue weighted by Crippen LogP contribution is 2.25. The van der Waals surface area contributed by atoms with Crippen molar-refractivity contribution in [2.75, 3.05) is 0 Å². The number of hydrogen-bond donors (Lipinski definition) is 0. The van der Waals surface area contributed by atoms with Crippen molar-refractivity contribution < 1.29 is 0 Å². The fourth-order valence-electron chi connectivity index (χ4n) is 1.35. The molecule has 0 amide bonds. The van der Waals surface area contributed by atoms with Gasteiger partial charge in [-0.25, -0.2) is 15.0 Å². The third-order valence-electron chi connectivity index (χ3n) is 2.02. The van der Waals surface area contributed by atoms with Gasteiger partial charge in [0.1, 0.15) is 23.2 Å². The third kappa shape index (κ3) is 0.818. The highest BCUT2D eigenvalue weighted by molar-refractivity contribution is 7.16. The Labute approximate surface area is 78.2 Å². The predicted octanol–water partition coefficient (Wildman–Crippen LogP) is 1.60. The maximum Gasteiger partial charge on any atom is 0.184 e. The zero-order valence-corrected chi connectivity index (χ0v) is 7.75. The monoisotopic (exact) mass is 190 g/mol. The number of rotatable bonds is 0. The number of aromatic nitrogens is 4. The summed E-state index contributed by atoms with van der Waals surface area (Å²) in [5, 5.41) is 2.09. The lowest BCUT2D eigenvalue weighted by atomic mass is 10.4. The predicted molar refractivity (Wildman–Crippen MR) is 50.0 cm³/mol. The second-order valence-corrected chi connectivity index (χ2v) is 3.70. The van der Waals surface area contributed by atoms with E-state index in [1.54, 1.807) is 24.0 Å². The lowest BCUT2D eigenvalue weighted by Gasteiger charge is -1.98. The maximum absolute atomic E-state index is 4.20. The van der Waals surface area contributed by atoms with Crippen molar-refractivity contribution in [2.24, 2.45) is 0 Å². The van der Waals surface area contributed by atoms with Gasteiger partial charge in [-0.15, -0.1) is 11.3 Å². The fourth-order valence-corrected chi connectivity index (χ4v) is 2.30. The maximum atomic E-state index is 4.20. The van der Waals surface area contributed by atoms with Crippen molar-refractivity contribution in [3.05, 3.63) is 23.7 Å². The molecule has 64 valence electrons. The summed E-state index contributed by atoms with van der Waals surface area (Å²) >= 11 is 1.67. The molecule has 1 aromatic heterocycles. The largest absolute Gasteiger partial charge is 0.293 e. The van der Waals surface area contributed by atoms with E-state index in [-0.39, 0.29) is 0 Å². The average molecular weight is 190 g/mol. The molecular formula is C8H6N4S. The van der Waals surface area contributed by atoms with Gasteiger partial charge >= 0.3 is 0 Å². The van der Waals surface area contributed by atoms with Crippen molar-refractivity contribution >= 4 is 16.2 Å². The Hall–Kier alpha value is -1.49. The van der Waals surface area contributed by atoms with Crippen LogP contribution in [0.3, 0.4) is 0 Å². The Balaban J connectivity index is 2.58. The van der Waals surface area contributed by atoms with E-state index in [4.69, 9.17) is 0 Å². The molecule has 0 saturated carbocycles. The zero-order valence-electron chi connectivity index (χ0n) is 6.93. The number of hydrogen-bond acceptors (Lipinski definition) is 4. The van der Waals surface area contributed by atoms with Crippen molar-refractivity contribution in [1.82, 2.24) is 19.4 Å². The molecule has 13 heavy (non-hydrogen) atoms. The first-order valence-corrected chi connectivity index (χ1v) is 4.76. The van der Waals surface area contributed by atoms with Gasteiger partial charge in [0.2, 0.25) is 0 Å². The number of aryl methyl sites for hydroxylation is 1. The standard InChI is InChI=1S/C8H6N4S/c1-5-2-13-8-6-7(10-3-9-6)11-4-12(5)8/h2-4H,1H3. The lowest BCUT2D eigenvalue weighted by Crippen LogP contribution is -1.93. The quantitative estimate of drug-likeness (QED) is 0.540. The average Bonchev–Trinajstić information content (AvgIpc) is 2.70. The molecule has 0 saturated heterocycles. The molecular weight excluding hydrogens is 184 g/mol. The summed E-state index contributed by atoms with van der Waals surface area (Å²) in [5.41, 5.74) is 2.07. The molecule has 0 bridgehead atoms. The van der Waals surface area contributed by atoms with Crippen LogP contribution in [0, 0.1) is 6.92 Å². The summed E-state index contributed by atoms with van der Waals surface area (Å²) in [6.07, 6.45) is 3.34. The van der Waals surface area contributed by atoms with Gasteiger partial charge in [0.05, 0.1) is 0 Å². The summed E-state index contributed by atoms with van der Waals surface area (Å²) in [6.45, 7) is 2.05. The van der Waals surface area contributed by atoms with Gasteiger partial charge in [-0.2, -0.15) is 0 Å². The highest BCUT2D eigenvalue weighted by Gasteiger charge is 2.12. The van der Waals surface area contributed by atoms with Crippen LogP contribution in [0.25, 0.3) is 16.3 Å². The fraction of sp³-hybridized carbons (Fsp3) is 0.125. The number of imidazole rings is 1. The molecule has 5 heteroatoms. The van der Waals surface area contributed by atoms with Crippen LogP contribution >= 0.6 is 11.3 Å². The number of thiazole rings is 1. The molecule has 2 aliphatic rings. The highest BCUT2D eigenvalue weighted by atomic mass is 32.1. The van der Waals surface area contributed by atoms with Crippen LogP contribution in [0.5, 0.6) is 0 Å². The molecule has 0 unspecified atom stereocenters. The van der Waals surface area contributed by atoms with Gasteiger partial charge in [-0.05, 0) is 6.92 Å². The van der Waals surface area contributed by atoms with E-state index in [2.05, 4.69) is 20.3 Å². The van der Waals surface area contributed by atoms with Crippen molar-refractivity contribution in [3.8, 4) is 11.5 Å². The molecule has 3 rings (SSSR count). The van der Waals surface area contributed by atoms with Crippen LogP contribution in [0.2, 0.25) is 0 Å². The van der Waals surface area contributed by atoms with Crippen LogP contribution in [-0.4, -0.2) is 19.4 Å². The number of fused-ring (bicyclic) bond motifs is 3. The van der Waals surface area contributed by atoms with Crippen LogP contribution in [-0.2, 0) is 0 Å².